The molecule has 1 aliphatic carbocycles. The Hall–Kier alpha value is -2.93. The second-order valence-corrected chi connectivity index (χ2v) is 7.63. The van der Waals surface area contributed by atoms with Crippen molar-refractivity contribution >= 4 is 17.4 Å². The van der Waals surface area contributed by atoms with Crippen LogP contribution in [0.1, 0.15) is 36.0 Å². The number of benzene rings is 1. The Morgan fingerprint density at radius 1 is 1.14 bits per heavy atom. The molecule has 0 radical (unpaired) electrons. The molecule has 3 N–H and O–H groups in total. The van der Waals surface area contributed by atoms with E-state index in [-0.39, 0.29) is 5.91 Å². The number of carbonyl (C=O) groups is 1. The van der Waals surface area contributed by atoms with Crippen molar-refractivity contribution in [1.82, 2.24) is 25.2 Å². The first-order valence-corrected chi connectivity index (χ1v) is 9.99. The summed E-state index contributed by atoms with van der Waals surface area (Å²) in [5.41, 5.74) is 3.37. The number of hydrogen-bond donors (Lipinski definition) is 3. The van der Waals surface area contributed by atoms with E-state index in [0.717, 1.165) is 35.7 Å². The summed E-state index contributed by atoms with van der Waals surface area (Å²) in [5.74, 6) is 0.832. The SMILES string of the molecule is O=C(NC[C@@H]1CCCN1)c1ccc(-c2cnc3ccc(NC4CC4)nn23)cc1. The zero-order valence-electron chi connectivity index (χ0n) is 15.7. The third kappa shape index (κ3) is 3.57. The summed E-state index contributed by atoms with van der Waals surface area (Å²) in [5, 5.41) is 14.5. The van der Waals surface area contributed by atoms with E-state index in [1.54, 1.807) is 0 Å². The minimum Gasteiger partial charge on any atom is -0.366 e. The maximum absolute atomic E-state index is 12.4. The fraction of sp³-hybridized carbons (Fsp3) is 0.381. The molecule has 2 fully saturated rings. The second kappa shape index (κ2) is 7.24. The quantitative estimate of drug-likeness (QED) is 0.616. The summed E-state index contributed by atoms with van der Waals surface area (Å²) in [7, 11) is 0. The van der Waals surface area contributed by atoms with Gasteiger partial charge in [-0.1, -0.05) is 12.1 Å². The van der Waals surface area contributed by atoms with Crippen molar-refractivity contribution in [1.29, 1.82) is 0 Å². The summed E-state index contributed by atoms with van der Waals surface area (Å²) in [6, 6.07) is 12.5. The van der Waals surface area contributed by atoms with Gasteiger partial charge in [-0.2, -0.15) is 0 Å². The third-order valence-corrected chi connectivity index (χ3v) is 5.41. The molecule has 0 bridgehead atoms. The van der Waals surface area contributed by atoms with Crippen molar-refractivity contribution in [3.63, 3.8) is 0 Å². The summed E-state index contributed by atoms with van der Waals surface area (Å²) in [6.45, 7) is 1.72. The Bertz CT molecular complexity index is 986. The van der Waals surface area contributed by atoms with Gasteiger partial charge in [0.15, 0.2) is 5.65 Å². The van der Waals surface area contributed by atoms with E-state index in [1.165, 1.54) is 19.3 Å². The lowest BCUT2D eigenvalue weighted by molar-refractivity contribution is 0.0950. The van der Waals surface area contributed by atoms with E-state index in [0.29, 0.717) is 24.2 Å². The summed E-state index contributed by atoms with van der Waals surface area (Å²) >= 11 is 0. The topological polar surface area (TPSA) is 83.3 Å². The van der Waals surface area contributed by atoms with Crippen molar-refractivity contribution < 1.29 is 4.79 Å². The Morgan fingerprint density at radius 2 is 2.00 bits per heavy atom. The van der Waals surface area contributed by atoms with Gasteiger partial charge >= 0.3 is 0 Å². The molecular formula is C21H24N6O. The maximum atomic E-state index is 12.4. The molecule has 1 amide bonds. The average Bonchev–Trinajstić information content (AvgIpc) is 3.21. The first-order chi connectivity index (χ1) is 13.8. The van der Waals surface area contributed by atoms with Crippen LogP contribution in [0.15, 0.2) is 42.6 Å². The zero-order chi connectivity index (χ0) is 18.9. The minimum atomic E-state index is -0.0348. The molecule has 1 saturated carbocycles. The molecule has 1 saturated heterocycles. The van der Waals surface area contributed by atoms with Gasteiger partial charge in [-0.05, 0) is 56.5 Å². The van der Waals surface area contributed by atoms with Crippen LogP contribution in [0, 0.1) is 0 Å². The van der Waals surface area contributed by atoms with Crippen molar-refractivity contribution in [3.8, 4) is 11.3 Å². The van der Waals surface area contributed by atoms with Crippen LogP contribution in [-0.2, 0) is 0 Å². The molecule has 28 heavy (non-hydrogen) atoms. The van der Waals surface area contributed by atoms with E-state index < -0.39 is 0 Å². The van der Waals surface area contributed by atoms with Gasteiger partial charge in [0.2, 0.25) is 0 Å². The lowest BCUT2D eigenvalue weighted by Crippen LogP contribution is -2.37. The Kier molecular flexibility index (Phi) is 4.44. The highest BCUT2D eigenvalue weighted by atomic mass is 16.1. The van der Waals surface area contributed by atoms with Gasteiger partial charge < -0.3 is 16.0 Å². The van der Waals surface area contributed by atoms with Crippen LogP contribution in [0.3, 0.4) is 0 Å². The standard InChI is InChI=1S/C21H24N6O/c28-21(24-12-17-2-1-11-22-17)15-5-3-14(4-6-15)18-13-23-20-10-9-19(26-27(18)20)25-16-7-8-16/h3-6,9-10,13,16-17,22H,1-2,7-8,11-12H2,(H,24,28)(H,25,26)/t17-/m0/s1. The molecule has 7 nitrogen and oxygen atoms in total. The van der Waals surface area contributed by atoms with Gasteiger partial charge in [0.1, 0.15) is 5.82 Å². The lowest BCUT2D eigenvalue weighted by atomic mass is 10.1. The van der Waals surface area contributed by atoms with Gasteiger partial charge in [-0.25, -0.2) is 9.50 Å². The molecule has 3 heterocycles. The highest BCUT2D eigenvalue weighted by Crippen LogP contribution is 2.25. The van der Waals surface area contributed by atoms with Crippen molar-refractivity contribution in [3.05, 3.63) is 48.2 Å². The molecule has 7 heteroatoms. The number of amides is 1. The molecule has 1 aliphatic heterocycles. The van der Waals surface area contributed by atoms with E-state index in [2.05, 4.69) is 26.0 Å². The first kappa shape index (κ1) is 17.2. The van der Waals surface area contributed by atoms with Crippen LogP contribution >= 0.6 is 0 Å². The van der Waals surface area contributed by atoms with Crippen LogP contribution in [0.5, 0.6) is 0 Å². The fourth-order valence-corrected chi connectivity index (χ4v) is 3.63. The number of rotatable bonds is 6. The Labute approximate surface area is 163 Å². The number of imidazole rings is 1. The molecule has 144 valence electrons. The minimum absolute atomic E-state index is 0.0348. The summed E-state index contributed by atoms with van der Waals surface area (Å²) in [4.78, 5) is 16.8. The van der Waals surface area contributed by atoms with Crippen LogP contribution in [0.2, 0.25) is 0 Å². The number of nitrogens with zero attached hydrogens (tertiary/aromatic N) is 3. The van der Waals surface area contributed by atoms with Gasteiger partial charge in [0, 0.05) is 29.8 Å². The van der Waals surface area contributed by atoms with Crippen molar-refractivity contribution in [2.45, 2.75) is 37.8 Å². The van der Waals surface area contributed by atoms with Crippen molar-refractivity contribution in [2.24, 2.45) is 0 Å². The summed E-state index contributed by atoms with van der Waals surface area (Å²) in [6.07, 6.45) is 6.54. The van der Waals surface area contributed by atoms with Gasteiger partial charge in [0.25, 0.3) is 5.91 Å². The smallest absolute Gasteiger partial charge is 0.251 e. The number of anilines is 1. The third-order valence-electron chi connectivity index (χ3n) is 5.41. The molecular weight excluding hydrogens is 352 g/mol. The van der Waals surface area contributed by atoms with Gasteiger partial charge in [-0.3, -0.25) is 4.79 Å². The Balaban J connectivity index is 1.32. The number of aromatic nitrogens is 3. The Morgan fingerprint density at radius 3 is 2.75 bits per heavy atom. The molecule has 1 aromatic carbocycles. The second-order valence-electron chi connectivity index (χ2n) is 7.63. The van der Waals surface area contributed by atoms with E-state index in [9.17, 15) is 4.79 Å². The van der Waals surface area contributed by atoms with Crippen LogP contribution in [0.4, 0.5) is 5.82 Å². The van der Waals surface area contributed by atoms with Crippen LogP contribution < -0.4 is 16.0 Å². The molecule has 2 aromatic heterocycles. The molecule has 0 unspecified atom stereocenters. The maximum Gasteiger partial charge on any atom is 0.251 e. The molecule has 0 spiro atoms. The predicted octanol–water partition coefficient (Wildman–Crippen LogP) is 2.45. The van der Waals surface area contributed by atoms with Gasteiger partial charge in [-0.15, -0.1) is 5.10 Å². The number of nitrogens with one attached hydrogen (secondary N) is 3. The lowest BCUT2D eigenvalue weighted by Gasteiger charge is -2.11. The number of hydrogen-bond acceptors (Lipinski definition) is 5. The highest BCUT2D eigenvalue weighted by molar-refractivity contribution is 5.94. The first-order valence-electron chi connectivity index (χ1n) is 9.99. The molecule has 2 aliphatic rings. The zero-order valence-corrected chi connectivity index (χ0v) is 15.7. The van der Waals surface area contributed by atoms with E-state index in [1.807, 2.05) is 47.1 Å². The monoisotopic (exact) mass is 376 g/mol. The van der Waals surface area contributed by atoms with E-state index in [4.69, 9.17) is 0 Å². The number of fused-ring (bicyclic) bond motifs is 1. The fourth-order valence-electron chi connectivity index (χ4n) is 3.63. The molecule has 5 rings (SSSR count). The van der Waals surface area contributed by atoms with Crippen molar-refractivity contribution in [2.75, 3.05) is 18.4 Å². The average molecular weight is 376 g/mol. The normalized spacial score (nSPS) is 19.1. The van der Waals surface area contributed by atoms with Crippen LogP contribution in [0.25, 0.3) is 16.9 Å². The predicted molar refractivity (Wildman–Crippen MR) is 108 cm³/mol. The van der Waals surface area contributed by atoms with Gasteiger partial charge in [0.05, 0.1) is 11.9 Å². The molecule has 3 aromatic rings. The molecule has 1 atom stereocenters. The van der Waals surface area contributed by atoms with E-state index >= 15 is 0 Å². The number of carbonyl (C=O) groups excluding carboxylic acids is 1. The summed E-state index contributed by atoms with van der Waals surface area (Å²) < 4.78 is 1.85. The largest absolute Gasteiger partial charge is 0.366 e. The highest BCUT2D eigenvalue weighted by Gasteiger charge is 2.21. The van der Waals surface area contributed by atoms with Crippen LogP contribution in [-0.4, -0.2) is 45.7 Å².